The lowest BCUT2D eigenvalue weighted by molar-refractivity contribution is -0.246. The number of aromatic nitrogens is 3. The molecule has 2 heterocycles. The van der Waals surface area contributed by atoms with E-state index in [1.807, 2.05) is 0 Å². The van der Waals surface area contributed by atoms with Gasteiger partial charge in [0.25, 0.3) is 0 Å². The van der Waals surface area contributed by atoms with Gasteiger partial charge in [-0.1, -0.05) is 18.2 Å². The van der Waals surface area contributed by atoms with Crippen LogP contribution in [0.1, 0.15) is 24.2 Å². The second-order valence-corrected chi connectivity index (χ2v) is 6.18. The van der Waals surface area contributed by atoms with E-state index in [1.165, 1.54) is 13.0 Å². The summed E-state index contributed by atoms with van der Waals surface area (Å²) < 4.78 is 33.2. The molecule has 3 aromatic rings. The summed E-state index contributed by atoms with van der Waals surface area (Å²) in [6.45, 7) is 1.46. The first-order chi connectivity index (χ1) is 12.4. The zero-order chi connectivity index (χ0) is 18.5. The van der Waals surface area contributed by atoms with E-state index in [1.54, 1.807) is 30.3 Å². The van der Waals surface area contributed by atoms with Gasteiger partial charge in [0.05, 0.1) is 11.8 Å². The number of ether oxygens (including phenoxy) is 1. The molecule has 2 unspecified atom stereocenters. The maximum Gasteiger partial charge on any atom is 0.444 e. The van der Waals surface area contributed by atoms with Crippen LogP contribution < -0.4 is 9.64 Å². The van der Waals surface area contributed by atoms with Crippen LogP contribution in [0.15, 0.2) is 36.4 Å². The molecule has 4 rings (SSSR count). The quantitative estimate of drug-likeness (QED) is 0.662. The molecule has 0 radical (unpaired) electrons. The van der Waals surface area contributed by atoms with E-state index in [0.29, 0.717) is 16.6 Å². The van der Waals surface area contributed by atoms with Crippen LogP contribution in [0.4, 0.5) is 14.5 Å². The number of H-pyrrole nitrogens is 1. The summed E-state index contributed by atoms with van der Waals surface area (Å²) in [4.78, 5) is 1.14. The molecular weight excluding hydrogens is 346 g/mol. The number of hydrogen-bond donors (Lipinski definition) is 3. The Labute approximate surface area is 146 Å². The standard InChI is InChI=1S/C17H16F2N4O3/c1-9(24)11-3-2-4-14-15(11)26-17(18,19)16(25)23(14)8-10-5-6-12-13(7-10)21-22-20-12/h2-7,9,16,24-25H,8H2,1H3,(H,20,21,22). The zero-order valence-corrected chi connectivity index (χ0v) is 13.7. The van der Waals surface area contributed by atoms with Crippen LogP contribution in [-0.4, -0.2) is 38.0 Å². The summed E-state index contributed by atoms with van der Waals surface area (Å²) in [6.07, 6.45) is -6.99. The van der Waals surface area contributed by atoms with Gasteiger partial charge in [0.1, 0.15) is 11.0 Å². The number of fused-ring (bicyclic) bond motifs is 2. The van der Waals surface area contributed by atoms with Crippen molar-refractivity contribution in [2.75, 3.05) is 4.90 Å². The van der Waals surface area contributed by atoms with Crippen molar-refractivity contribution >= 4 is 16.7 Å². The van der Waals surface area contributed by atoms with E-state index in [2.05, 4.69) is 15.4 Å². The summed E-state index contributed by atoms with van der Waals surface area (Å²) in [5.41, 5.74) is 2.41. The van der Waals surface area contributed by atoms with Crippen LogP contribution in [0, 0.1) is 0 Å². The topological polar surface area (TPSA) is 94.5 Å². The normalized spacial score (nSPS) is 19.9. The van der Waals surface area contributed by atoms with Crippen LogP contribution >= 0.6 is 0 Å². The number of halogens is 2. The molecule has 0 amide bonds. The molecule has 26 heavy (non-hydrogen) atoms. The van der Waals surface area contributed by atoms with E-state index in [0.717, 1.165) is 4.90 Å². The molecule has 0 spiro atoms. The lowest BCUT2D eigenvalue weighted by Gasteiger charge is -2.40. The van der Waals surface area contributed by atoms with Gasteiger partial charge >= 0.3 is 6.11 Å². The first-order valence-electron chi connectivity index (χ1n) is 7.99. The van der Waals surface area contributed by atoms with E-state index in [-0.39, 0.29) is 23.5 Å². The van der Waals surface area contributed by atoms with Crippen molar-refractivity contribution < 1.29 is 23.7 Å². The lowest BCUT2D eigenvalue weighted by Crippen LogP contribution is -2.54. The summed E-state index contributed by atoms with van der Waals surface area (Å²) in [5.74, 6) is -0.139. The summed E-state index contributed by atoms with van der Waals surface area (Å²) >= 11 is 0. The Morgan fingerprint density at radius 2 is 2.04 bits per heavy atom. The molecule has 136 valence electrons. The molecule has 1 aromatic heterocycles. The molecule has 1 aliphatic rings. The fourth-order valence-electron chi connectivity index (χ4n) is 3.06. The molecule has 2 aromatic carbocycles. The van der Waals surface area contributed by atoms with Gasteiger partial charge in [-0.25, -0.2) is 0 Å². The minimum atomic E-state index is -3.82. The molecule has 0 aliphatic carbocycles. The minimum Gasteiger partial charge on any atom is -0.427 e. The number of para-hydroxylation sites is 1. The Bertz CT molecular complexity index is 960. The molecule has 3 N–H and O–H groups in total. The average Bonchev–Trinajstić information content (AvgIpc) is 3.05. The zero-order valence-electron chi connectivity index (χ0n) is 13.7. The second-order valence-electron chi connectivity index (χ2n) is 6.18. The van der Waals surface area contributed by atoms with E-state index in [4.69, 9.17) is 4.74 Å². The SMILES string of the molecule is CC(O)c1cccc2c1OC(F)(F)C(O)N2Cc1ccc2n[nH]nc2c1. The predicted octanol–water partition coefficient (Wildman–Crippen LogP) is 2.32. The Morgan fingerprint density at radius 3 is 2.81 bits per heavy atom. The van der Waals surface area contributed by atoms with Gasteiger partial charge in [-0.2, -0.15) is 24.2 Å². The lowest BCUT2D eigenvalue weighted by atomic mass is 10.0. The maximum atomic E-state index is 14.3. The Morgan fingerprint density at radius 1 is 1.27 bits per heavy atom. The summed E-state index contributed by atoms with van der Waals surface area (Å²) in [6, 6.07) is 9.84. The molecule has 1 aliphatic heterocycles. The number of nitrogens with one attached hydrogen (secondary N) is 1. The molecule has 9 heteroatoms. The van der Waals surface area contributed by atoms with E-state index < -0.39 is 18.4 Å². The number of nitrogens with zero attached hydrogens (tertiary/aromatic N) is 3. The van der Waals surface area contributed by atoms with Crippen molar-refractivity contribution in [3.8, 4) is 5.75 Å². The highest BCUT2D eigenvalue weighted by Gasteiger charge is 2.50. The molecule has 0 saturated carbocycles. The minimum absolute atomic E-state index is 0.000814. The Balaban J connectivity index is 1.78. The van der Waals surface area contributed by atoms with Gasteiger partial charge in [0.15, 0.2) is 5.75 Å². The highest BCUT2D eigenvalue weighted by Crippen LogP contribution is 2.45. The monoisotopic (exact) mass is 362 g/mol. The van der Waals surface area contributed by atoms with Crippen LogP contribution in [0.25, 0.3) is 11.0 Å². The Kier molecular flexibility index (Phi) is 3.78. The van der Waals surface area contributed by atoms with Crippen molar-refractivity contribution in [1.29, 1.82) is 0 Å². The maximum absolute atomic E-state index is 14.3. The van der Waals surface area contributed by atoms with Gasteiger partial charge in [-0.15, -0.1) is 0 Å². The summed E-state index contributed by atoms with van der Waals surface area (Å²) in [5, 5.41) is 30.4. The largest absolute Gasteiger partial charge is 0.444 e. The number of rotatable bonds is 3. The van der Waals surface area contributed by atoms with Gasteiger partial charge in [-0.3, -0.25) is 0 Å². The van der Waals surface area contributed by atoms with Crippen molar-refractivity contribution in [2.45, 2.75) is 31.9 Å². The van der Waals surface area contributed by atoms with Crippen LogP contribution in [0.5, 0.6) is 5.75 Å². The number of anilines is 1. The highest BCUT2D eigenvalue weighted by molar-refractivity contribution is 5.74. The van der Waals surface area contributed by atoms with Crippen LogP contribution in [0.2, 0.25) is 0 Å². The third-order valence-corrected chi connectivity index (χ3v) is 4.35. The van der Waals surface area contributed by atoms with E-state index >= 15 is 0 Å². The number of aromatic amines is 1. The third-order valence-electron chi connectivity index (χ3n) is 4.35. The number of hydrogen-bond acceptors (Lipinski definition) is 6. The number of benzene rings is 2. The van der Waals surface area contributed by atoms with Crippen LogP contribution in [-0.2, 0) is 6.54 Å². The highest BCUT2D eigenvalue weighted by atomic mass is 19.3. The van der Waals surface area contributed by atoms with E-state index in [9.17, 15) is 19.0 Å². The van der Waals surface area contributed by atoms with Gasteiger partial charge in [-0.05, 0) is 30.7 Å². The summed E-state index contributed by atoms with van der Waals surface area (Å²) in [7, 11) is 0. The van der Waals surface area contributed by atoms with Crippen molar-refractivity contribution in [3.05, 3.63) is 47.5 Å². The first kappa shape index (κ1) is 16.7. The van der Waals surface area contributed by atoms with Gasteiger partial charge in [0.2, 0.25) is 6.23 Å². The predicted molar refractivity (Wildman–Crippen MR) is 88.7 cm³/mol. The fraction of sp³-hybridized carbons (Fsp3) is 0.294. The molecule has 0 saturated heterocycles. The van der Waals surface area contributed by atoms with Gasteiger partial charge in [0, 0.05) is 12.1 Å². The number of alkyl halides is 2. The van der Waals surface area contributed by atoms with Crippen molar-refractivity contribution in [1.82, 2.24) is 15.4 Å². The first-order valence-corrected chi connectivity index (χ1v) is 7.99. The third kappa shape index (κ3) is 2.65. The van der Waals surface area contributed by atoms with Gasteiger partial charge < -0.3 is 19.8 Å². The smallest absolute Gasteiger partial charge is 0.427 e. The molecule has 0 bridgehead atoms. The Hall–Kier alpha value is -2.78. The fourth-order valence-corrected chi connectivity index (χ4v) is 3.06. The van der Waals surface area contributed by atoms with Crippen LogP contribution in [0.3, 0.4) is 0 Å². The molecular formula is C17H16F2N4O3. The number of aliphatic hydroxyl groups excluding tert-OH is 2. The average molecular weight is 362 g/mol. The number of aliphatic hydroxyl groups is 2. The molecule has 0 fully saturated rings. The molecule has 7 nitrogen and oxygen atoms in total. The molecule has 2 atom stereocenters. The van der Waals surface area contributed by atoms with Crippen molar-refractivity contribution in [3.63, 3.8) is 0 Å². The van der Waals surface area contributed by atoms with Crippen molar-refractivity contribution in [2.24, 2.45) is 0 Å². The second kappa shape index (κ2) is 5.89.